The number of anilines is 1. The highest BCUT2D eigenvalue weighted by Gasteiger charge is 2.36. The summed E-state index contributed by atoms with van der Waals surface area (Å²) in [5, 5.41) is 18.2. The van der Waals surface area contributed by atoms with E-state index in [4.69, 9.17) is 4.74 Å². The molecule has 21 heavy (non-hydrogen) atoms. The predicted octanol–water partition coefficient (Wildman–Crippen LogP) is 1.67. The van der Waals surface area contributed by atoms with Crippen LogP contribution in [-0.4, -0.2) is 46.6 Å². The molecular formula is C15H21N3O3. The fraction of sp³-hybridized carbons (Fsp3) is 0.667. The molecule has 1 aromatic rings. The van der Waals surface area contributed by atoms with Gasteiger partial charge in [0.25, 0.3) is 0 Å². The number of carbonyl (C=O) groups is 1. The number of hydrogen-bond donors (Lipinski definition) is 1. The topological polar surface area (TPSA) is 75.5 Å². The molecule has 0 aliphatic carbocycles. The van der Waals surface area contributed by atoms with Crippen LogP contribution >= 0.6 is 0 Å². The monoisotopic (exact) mass is 291 g/mol. The van der Waals surface area contributed by atoms with Crippen molar-refractivity contribution in [1.82, 2.24) is 10.2 Å². The van der Waals surface area contributed by atoms with E-state index in [0.717, 1.165) is 24.1 Å². The van der Waals surface area contributed by atoms with E-state index in [2.05, 4.69) is 10.2 Å². The van der Waals surface area contributed by atoms with Crippen LogP contribution in [0.25, 0.3) is 0 Å². The lowest BCUT2D eigenvalue weighted by molar-refractivity contribution is 0.0299. The van der Waals surface area contributed by atoms with E-state index in [1.807, 2.05) is 18.7 Å². The molecule has 2 bridgehead atoms. The van der Waals surface area contributed by atoms with Gasteiger partial charge in [0.1, 0.15) is 5.56 Å². The van der Waals surface area contributed by atoms with E-state index in [9.17, 15) is 9.90 Å². The Bertz CT molecular complexity index is 549. The van der Waals surface area contributed by atoms with Crippen molar-refractivity contribution >= 4 is 11.8 Å². The summed E-state index contributed by atoms with van der Waals surface area (Å²) in [4.78, 5) is 13.8. The number of carboxylic acids is 1. The summed E-state index contributed by atoms with van der Waals surface area (Å²) in [6.07, 6.45) is 3.84. The van der Waals surface area contributed by atoms with Gasteiger partial charge >= 0.3 is 5.97 Å². The van der Waals surface area contributed by atoms with Gasteiger partial charge in [-0.25, -0.2) is 4.79 Å². The quantitative estimate of drug-likeness (QED) is 0.909. The summed E-state index contributed by atoms with van der Waals surface area (Å²) >= 11 is 0. The molecule has 0 saturated carbocycles. The Labute approximate surface area is 124 Å². The van der Waals surface area contributed by atoms with Gasteiger partial charge in [-0.05, 0) is 31.2 Å². The molecule has 3 rings (SSSR count). The number of carboxylic acid groups (broad SMARTS) is 1. The van der Waals surface area contributed by atoms with Crippen LogP contribution in [0.2, 0.25) is 0 Å². The summed E-state index contributed by atoms with van der Waals surface area (Å²) in [6.45, 7) is 5.36. The second-order valence-electron chi connectivity index (χ2n) is 5.70. The van der Waals surface area contributed by atoms with Crippen molar-refractivity contribution in [2.24, 2.45) is 0 Å². The molecule has 2 atom stereocenters. The third-order valence-electron chi connectivity index (χ3n) is 4.38. The molecule has 0 spiro atoms. The van der Waals surface area contributed by atoms with Crippen LogP contribution in [-0.2, 0) is 17.6 Å². The SMILES string of the molecule is CCc1nnc(N2CC3CCC(C2)O3)c(C(=O)O)c1CC. The smallest absolute Gasteiger partial charge is 0.339 e. The Balaban J connectivity index is 2.03. The molecule has 3 heterocycles. The third kappa shape index (κ3) is 2.48. The number of nitrogens with zero attached hydrogens (tertiary/aromatic N) is 3. The molecule has 6 heteroatoms. The Kier molecular flexibility index (Phi) is 3.80. The largest absolute Gasteiger partial charge is 0.478 e. The van der Waals surface area contributed by atoms with E-state index in [1.54, 1.807) is 0 Å². The number of aromatic carboxylic acids is 1. The lowest BCUT2D eigenvalue weighted by Crippen LogP contribution is -2.44. The van der Waals surface area contributed by atoms with E-state index >= 15 is 0 Å². The predicted molar refractivity (Wildman–Crippen MR) is 77.9 cm³/mol. The van der Waals surface area contributed by atoms with Crippen molar-refractivity contribution in [3.05, 3.63) is 16.8 Å². The van der Waals surface area contributed by atoms with Crippen LogP contribution in [0.4, 0.5) is 5.82 Å². The van der Waals surface area contributed by atoms with E-state index < -0.39 is 5.97 Å². The summed E-state index contributed by atoms with van der Waals surface area (Å²) < 4.78 is 5.81. The van der Waals surface area contributed by atoms with Gasteiger partial charge in [-0.1, -0.05) is 13.8 Å². The molecule has 2 aliphatic heterocycles. The van der Waals surface area contributed by atoms with Gasteiger partial charge in [-0.2, -0.15) is 5.10 Å². The highest BCUT2D eigenvalue weighted by atomic mass is 16.5. The van der Waals surface area contributed by atoms with Crippen molar-refractivity contribution in [3.8, 4) is 0 Å². The summed E-state index contributed by atoms with van der Waals surface area (Å²) in [6, 6.07) is 0. The Hall–Kier alpha value is -1.69. The fourth-order valence-corrected chi connectivity index (χ4v) is 3.40. The molecule has 0 amide bonds. The lowest BCUT2D eigenvalue weighted by atomic mass is 10.0. The number of aromatic nitrogens is 2. The molecule has 114 valence electrons. The van der Waals surface area contributed by atoms with Gasteiger partial charge in [0, 0.05) is 13.1 Å². The summed E-state index contributed by atoms with van der Waals surface area (Å²) in [5.41, 5.74) is 1.93. The van der Waals surface area contributed by atoms with E-state index in [-0.39, 0.29) is 12.2 Å². The molecular weight excluding hydrogens is 270 g/mol. The van der Waals surface area contributed by atoms with Gasteiger partial charge < -0.3 is 14.7 Å². The second-order valence-corrected chi connectivity index (χ2v) is 5.70. The van der Waals surface area contributed by atoms with Crippen LogP contribution in [0.15, 0.2) is 0 Å². The zero-order valence-electron chi connectivity index (χ0n) is 12.5. The average molecular weight is 291 g/mol. The minimum atomic E-state index is -0.912. The van der Waals surface area contributed by atoms with Crippen LogP contribution in [0.1, 0.15) is 48.3 Å². The first-order chi connectivity index (χ1) is 10.1. The number of hydrogen-bond acceptors (Lipinski definition) is 5. The minimum Gasteiger partial charge on any atom is -0.478 e. The minimum absolute atomic E-state index is 0.197. The first kappa shape index (κ1) is 14.3. The molecule has 1 aromatic heterocycles. The van der Waals surface area contributed by atoms with Crippen LogP contribution in [0.5, 0.6) is 0 Å². The van der Waals surface area contributed by atoms with Crippen molar-refractivity contribution in [2.75, 3.05) is 18.0 Å². The molecule has 6 nitrogen and oxygen atoms in total. The summed E-state index contributed by atoms with van der Waals surface area (Å²) in [7, 11) is 0. The number of fused-ring (bicyclic) bond motifs is 2. The molecule has 0 radical (unpaired) electrons. The maximum Gasteiger partial charge on any atom is 0.339 e. The molecule has 0 aromatic carbocycles. The normalized spacial score (nSPS) is 24.4. The molecule has 1 N–H and O–H groups in total. The van der Waals surface area contributed by atoms with Gasteiger partial charge in [-0.15, -0.1) is 5.10 Å². The van der Waals surface area contributed by atoms with Crippen LogP contribution in [0.3, 0.4) is 0 Å². The number of aryl methyl sites for hydroxylation is 1. The zero-order chi connectivity index (χ0) is 15.0. The van der Waals surface area contributed by atoms with Crippen LogP contribution in [0, 0.1) is 0 Å². The zero-order valence-corrected chi connectivity index (χ0v) is 12.5. The number of ether oxygens (including phenoxy) is 1. The van der Waals surface area contributed by atoms with Gasteiger partial charge in [0.2, 0.25) is 0 Å². The van der Waals surface area contributed by atoms with Crippen molar-refractivity contribution in [2.45, 2.75) is 51.7 Å². The standard InChI is InChI=1S/C15H21N3O3/c1-3-11-12(4-2)16-17-14(13(11)15(19)20)18-7-9-5-6-10(8-18)21-9/h9-10H,3-8H2,1-2H3,(H,19,20). The Morgan fingerprint density at radius 2 is 1.90 bits per heavy atom. The maximum absolute atomic E-state index is 11.8. The van der Waals surface area contributed by atoms with Crippen molar-refractivity contribution in [3.63, 3.8) is 0 Å². The van der Waals surface area contributed by atoms with Crippen LogP contribution < -0.4 is 4.90 Å². The number of morpholine rings is 1. The Morgan fingerprint density at radius 3 is 2.43 bits per heavy atom. The van der Waals surface area contributed by atoms with Gasteiger partial charge in [-0.3, -0.25) is 0 Å². The van der Waals surface area contributed by atoms with Gasteiger partial charge in [0.05, 0.1) is 17.9 Å². The average Bonchev–Trinajstić information content (AvgIpc) is 2.83. The lowest BCUT2D eigenvalue weighted by Gasteiger charge is -2.33. The van der Waals surface area contributed by atoms with E-state index in [0.29, 0.717) is 37.3 Å². The highest BCUT2D eigenvalue weighted by molar-refractivity contribution is 5.95. The second kappa shape index (κ2) is 5.60. The van der Waals surface area contributed by atoms with Gasteiger partial charge in [0.15, 0.2) is 5.82 Å². The van der Waals surface area contributed by atoms with Crippen molar-refractivity contribution < 1.29 is 14.6 Å². The third-order valence-corrected chi connectivity index (χ3v) is 4.38. The molecule has 2 aliphatic rings. The molecule has 2 unspecified atom stereocenters. The van der Waals surface area contributed by atoms with Crippen molar-refractivity contribution in [1.29, 1.82) is 0 Å². The van der Waals surface area contributed by atoms with E-state index in [1.165, 1.54) is 0 Å². The fourth-order valence-electron chi connectivity index (χ4n) is 3.40. The summed E-state index contributed by atoms with van der Waals surface area (Å²) in [5.74, 6) is -0.401. The highest BCUT2D eigenvalue weighted by Crippen LogP contribution is 2.31. The first-order valence-corrected chi connectivity index (χ1v) is 7.66. The Morgan fingerprint density at radius 1 is 1.24 bits per heavy atom. The first-order valence-electron chi connectivity index (χ1n) is 7.66. The number of rotatable bonds is 4. The maximum atomic E-state index is 11.8. The molecule has 2 fully saturated rings. The molecule has 2 saturated heterocycles.